The number of hydrogen-bond acceptors (Lipinski definition) is 6. The number of rotatable bonds is 3. The number of nitrogens with one attached hydrogen (secondary N) is 2. The molecule has 0 saturated carbocycles. The van der Waals surface area contributed by atoms with Gasteiger partial charge in [0, 0.05) is 24.8 Å². The van der Waals surface area contributed by atoms with Gasteiger partial charge in [-0.05, 0) is 13.8 Å². The number of aromatic nitrogens is 6. The van der Waals surface area contributed by atoms with Gasteiger partial charge in [-0.15, -0.1) is 0 Å². The largest absolute Gasteiger partial charge is 0.383 e. The number of fused-ring (bicyclic) bond motifs is 1. The van der Waals surface area contributed by atoms with E-state index in [0.29, 0.717) is 24.0 Å². The van der Waals surface area contributed by atoms with Crippen LogP contribution in [0, 0.1) is 13.8 Å². The first-order valence-electron chi connectivity index (χ1n) is 6.26. The van der Waals surface area contributed by atoms with Crippen molar-refractivity contribution in [1.82, 2.24) is 29.9 Å². The molecule has 0 aliphatic rings. The first-order chi connectivity index (χ1) is 9.56. The Morgan fingerprint density at radius 3 is 2.85 bits per heavy atom. The molecule has 0 aliphatic carbocycles. The molecule has 8 heteroatoms. The molecule has 104 valence electrons. The van der Waals surface area contributed by atoms with Crippen LogP contribution in [0.5, 0.6) is 0 Å². The molecule has 0 radical (unpaired) electrons. The highest BCUT2D eigenvalue weighted by atomic mass is 15.3. The van der Waals surface area contributed by atoms with Crippen LogP contribution in [0.25, 0.3) is 11.0 Å². The minimum atomic E-state index is 0.422. The maximum atomic E-state index is 5.92. The lowest BCUT2D eigenvalue weighted by Gasteiger charge is -2.06. The highest BCUT2D eigenvalue weighted by molar-refractivity contribution is 5.86. The molecule has 0 amide bonds. The molecular formula is C12H16N8. The summed E-state index contributed by atoms with van der Waals surface area (Å²) in [6.45, 7) is 4.54. The highest BCUT2D eigenvalue weighted by Gasteiger charge is 2.10. The van der Waals surface area contributed by atoms with Crippen LogP contribution in [-0.2, 0) is 13.6 Å². The summed E-state index contributed by atoms with van der Waals surface area (Å²) in [5.41, 5.74) is 9.73. The zero-order chi connectivity index (χ0) is 14.3. The second kappa shape index (κ2) is 4.48. The van der Waals surface area contributed by atoms with E-state index in [4.69, 9.17) is 5.73 Å². The molecule has 0 atom stereocenters. The molecule has 3 heterocycles. The lowest BCUT2D eigenvalue weighted by molar-refractivity contribution is 0.785. The number of nitrogens with zero attached hydrogens (tertiary/aromatic N) is 5. The van der Waals surface area contributed by atoms with Gasteiger partial charge in [-0.25, -0.2) is 0 Å². The summed E-state index contributed by atoms with van der Waals surface area (Å²) in [4.78, 5) is 8.67. The van der Waals surface area contributed by atoms with Gasteiger partial charge in [0.25, 0.3) is 0 Å². The third-order valence-electron chi connectivity index (χ3n) is 3.33. The van der Waals surface area contributed by atoms with E-state index in [1.54, 1.807) is 10.9 Å². The van der Waals surface area contributed by atoms with Gasteiger partial charge in [0.05, 0.1) is 17.3 Å². The Balaban J connectivity index is 1.90. The van der Waals surface area contributed by atoms with E-state index >= 15 is 0 Å². The van der Waals surface area contributed by atoms with Gasteiger partial charge in [-0.3, -0.25) is 9.78 Å². The van der Waals surface area contributed by atoms with Crippen molar-refractivity contribution in [3.8, 4) is 0 Å². The summed E-state index contributed by atoms with van der Waals surface area (Å²) in [5.74, 6) is 0.907. The fraction of sp³-hybridized carbons (Fsp3) is 0.333. The molecule has 0 aromatic carbocycles. The number of H-pyrrole nitrogens is 1. The van der Waals surface area contributed by atoms with E-state index in [1.165, 1.54) is 0 Å². The minimum Gasteiger partial charge on any atom is -0.383 e. The summed E-state index contributed by atoms with van der Waals surface area (Å²) < 4.78 is 1.67. The quantitative estimate of drug-likeness (QED) is 0.653. The molecule has 3 rings (SSSR count). The summed E-state index contributed by atoms with van der Waals surface area (Å²) >= 11 is 0. The number of hydrogen-bond donors (Lipinski definition) is 3. The van der Waals surface area contributed by atoms with Crippen molar-refractivity contribution in [3.63, 3.8) is 0 Å². The fourth-order valence-electron chi connectivity index (χ4n) is 2.12. The second-order valence-corrected chi connectivity index (χ2v) is 4.70. The summed E-state index contributed by atoms with van der Waals surface area (Å²) in [5, 5.41) is 15.2. The predicted octanol–water partition coefficient (Wildman–Crippen LogP) is 0.898. The fourth-order valence-corrected chi connectivity index (χ4v) is 2.12. The lowest BCUT2D eigenvalue weighted by Crippen LogP contribution is -2.07. The van der Waals surface area contributed by atoms with Crippen LogP contribution >= 0.6 is 0 Å². The number of aryl methyl sites for hydroxylation is 3. The van der Waals surface area contributed by atoms with Crippen LogP contribution in [0.2, 0.25) is 0 Å². The topological polar surface area (TPSA) is 110 Å². The van der Waals surface area contributed by atoms with Crippen LogP contribution in [0.3, 0.4) is 0 Å². The normalized spacial score (nSPS) is 11.2. The molecule has 8 nitrogen and oxygen atoms in total. The van der Waals surface area contributed by atoms with E-state index in [0.717, 1.165) is 22.3 Å². The van der Waals surface area contributed by atoms with Gasteiger partial charge >= 0.3 is 0 Å². The Bertz CT molecular complexity index is 750. The van der Waals surface area contributed by atoms with Crippen LogP contribution < -0.4 is 11.1 Å². The molecule has 0 spiro atoms. The highest BCUT2D eigenvalue weighted by Crippen LogP contribution is 2.19. The van der Waals surface area contributed by atoms with E-state index in [2.05, 4.69) is 30.6 Å². The number of anilines is 2. The monoisotopic (exact) mass is 272 g/mol. The standard InChI is InChI=1S/C12H16N8/c1-6-8(7(2)19-18-6)4-14-12-16-10(13)9-5-15-20(3)11(9)17-12/h5H,4H2,1-3H3,(H,18,19)(H3,13,14,16,17). The zero-order valence-corrected chi connectivity index (χ0v) is 11.6. The average molecular weight is 272 g/mol. The van der Waals surface area contributed by atoms with E-state index < -0.39 is 0 Å². The van der Waals surface area contributed by atoms with E-state index in [1.807, 2.05) is 20.9 Å². The Hall–Kier alpha value is -2.64. The van der Waals surface area contributed by atoms with Crippen LogP contribution in [0.15, 0.2) is 6.20 Å². The number of nitrogens with two attached hydrogens (primary N) is 1. The smallest absolute Gasteiger partial charge is 0.226 e. The third-order valence-corrected chi connectivity index (χ3v) is 3.33. The van der Waals surface area contributed by atoms with Crippen molar-refractivity contribution in [1.29, 1.82) is 0 Å². The van der Waals surface area contributed by atoms with Gasteiger partial charge in [-0.2, -0.15) is 20.2 Å². The molecule has 0 bridgehead atoms. The molecule has 0 unspecified atom stereocenters. The van der Waals surface area contributed by atoms with Crippen molar-refractivity contribution in [3.05, 3.63) is 23.1 Å². The SMILES string of the molecule is Cc1n[nH]c(C)c1CNc1nc(N)c2cnn(C)c2n1. The number of nitrogen functional groups attached to an aromatic ring is 1. The molecule has 0 saturated heterocycles. The molecule has 4 N–H and O–H groups in total. The van der Waals surface area contributed by atoms with Crippen molar-refractivity contribution in [2.75, 3.05) is 11.1 Å². The maximum Gasteiger partial charge on any atom is 0.226 e. The molecule has 3 aromatic heterocycles. The Morgan fingerprint density at radius 2 is 2.15 bits per heavy atom. The molecular weight excluding hydrogens is 256 g/mol. The second-order valence-electron chi connectivity index (χ2n) is 4.70. The zero-order valence-electron chi connectivity index (χ0n) is 11.6. The van der Waals surface area contributed by atoms with Crippen molar-refractivity contribution in [2.24, 2.45) is 7.05 Å². The van der Waals surface area contributed by atoms with Gasteiger partial charge in [0.2, 0.25) is 5.95 Å². The molecule has 20 heavy (non-hydrogen) atoms. The minimum absolute atomic E-state index is 0.422. The summed E-state index contributed by atoms with van der Waals surface area (Å²) in [7, 11) is 1.82. The van der Waals surface area contributed by atoms with Crippen molar-refractivity contribution in [2.45, 2.75) is 20.4 Å². The first-order valence-corrected chi connectivity index (χ1v) is 6.26. The molecule has 3 aromatic rings. The van der Waals surface area contributed by atoms with Crippen LogP contribution in [0.1, 0.15) is 17.0 Å². The molecule has 0 fully saturated rings. The molecule has 0 aliphatic heterocycles. The Morgan fingerprint density at radius 1 is 1.35 bits per heavy atom. The first kappa shape index (κ1) is 12.4. The Labute approximate surface area is 115 Å². The van der Waals surface area contributed by atoms with E-state index in [-0.39, 0.29) is 0 Å². The average Bonchev–Trinajstić information content (AvgIpc) is 2.93. The van der Waals surface area contributed by atoms with Gasteiger partial charge < -0.3 is 11.1 Å². The predicted molar refractivity (Wildman–Crippen MR) is 76.1 cm³/mol. The van der Waals surface area contributed by atoms with Crippen LogP contribution in [0.4, 0.5) is 11.8 Å². The summed E-state index contributed by atoms with van der Waals surface area (Å²) in [6, 6.07) is 0. The van der Waals surface area contributed by atoms with Gasteiger partial charge in [0.1, 0.15) is 5.82 Å². The third kappa shape index (κ3) is 1.94. The number of aromatic amines is 1. The van der Waals surface area contributed by atoms with Gasteiger partial charge in [-0.1, -0.05) is 0 Å². The van der Waals surface area contributed by atoms with Crippen molar-refractivity contribution < 1.29 is 0 Å². The van der Waals surface area contributed by atoms with Gasteiger partial charge in [0.15, 0.2) is 5.65 Å². The Kier molecular flexibility index (Phi) is 2.78. The lowest BCUT2D eigenvalue weighted by atomic mass is 10.2. The maximum absolute atomic E-state index is 5.92. The van der Waals surface area contributed by atoms with E-state index in [9.17, 15) is 0 Å². The van der Waals surface area contributed by atoms with Crippen LogP contribution in [-0.4, -0.2) is 29.9 Å². The summed E-state index contributed by atoms with van der Waals surface area (Å²) in [6.07, 6.45) is 1.67. The van der Waals surface area contributed by atoms with Crippen molar-refractivity contribution >= 4 is 22.8 Å².